The van der Waals surface area contributed by atoms with Crippen molar-refractivity contribution in [3.63, 3.8) is 0 Å². The van der Waals surface area contributed by atoms with E-state index >= 15 is 0 Å². The maximum absolute atomic E-state index is 13.3. The number of carbonyl (C=O) groups is 4. The van der Waals surface area contributed by atoms with E-state index in [1.165, 1.54) is 31.5 Å². The number of amides is 1. The first-order valence-corrected chi connectivity index (χ1v) is 12.8. The van der Waals surface area contributed by atoms with Gasteiger partial charge < -0.3 is 32.3 Å². The Hall–Kier alpha value is -5.71. The predicted octanol–water partition coefficient (Wildman–Crippen LogP) is 0.122. The van der Waals surface area contributed by atoms with Gasteiger partial charge in [-0.3, -0.25) is 24.2 Å². The highest BCUT2D eigenvalue weighted by molar-refractivity contribution is 6.00. The fraction of sp³-hybridized carbons (Fsp3) is 0.269. The van der Waals surface area contributed by atoms with E-state index in [0.29, 0.717) is 11.4 Å². The van der Waals surface area contributed by atoms with Crippen molar-refractivity contribution in [2.45, 2.75) is 44.3 Å². The van der Waals surface area contributed by atoms with Crippen LogP contribution in [0, 0.1) is 0 Å². The molecule has 0 saturated carbocycles. The molecule has 2 atom stereocenters. The molecule has 17 nitrogen and oxygen atoms in total. The number of nitrogen functional groups attached to an aromatic ring is 1. The quantitative estimate of drug-likeness (QED) is 0.115. The van der Waals surface area contributed by atoms with Crippen molar-refractivity contribution < 1.29 is 29.4 Å². The van der Waals surface area contributed by atoms with Gasteiger partial charge in [-0.1, -0.05) is 0 Å². The summed E-state index contributed by atoms with van der Waals surface area (Å²) >= 11 is 0. The van der Waals surface area contributed by atoms with Crippen molar-refractivity contribution >= 4 is 46.6 Å². The largest absolute Gasteiger partial charge is 0.481 e. The van der Waals surface area contributed by atoms with Crippen LogP contribution in [0.5, 0.6) is 0 Å². The van der Waals surface area contributed by atoms with E-state index in [-0.39, 0.29) is 47.8 Å². The topological polar surface area (TPSA) is 274 Å². The van der Waals surface area contributed by atoms with E-state index in [4.69, 9.17) is 21.7 Å². The minimum absolute atomic E-state index is 0.0380. The smallest absolute Gasteiger partial charge is 0.416 e. The third kappa shape index (κ3) is 7.53. The number of H-pyrrole nitrogens is 1. The Morgan fingerprint density at radius 3 is 2.47 bits per heavy atom. The summed E-state index contributed by atoms with van der Waals surface area (Å²) < 4.78 is 0.808. The highest BCUT2D eigenvalue weighted by atomic mass is 16.4. The Morgan fingerprint density at radius 2 is 1.81 bits per heavy atom. The van der Waals surface area contributed by atoms with E-state index in [1.54, 1.807) is 12.1 Å². The van der Waals surface area contributed by atoms with Crippen LogP contribution in [0.4, 0.5) is 16.4 Å². The van der Waals surface area contributed by atoms with Crippen molar-refractivity contribution in [3.8, 4) is 0 Å². The first-order valence-electron chi connectivity index (χ1n) is 12.8. The average Bonchev–Trinajstić information content (AvgIpc) is 3.42. The van der Waals surface area contributed by atoms with Gasteiger partial charge in [-0.15, -0.1) is 0 Å². The zero-order chi connectivity index (χ0) is 31.3. The Kier molecular flexibility index (Phi) is 8.75. The molecule has 17 heteroatoms. The number of carboxylic acids is 1. The molecule has 0 aliphatic heterocycles. The number of hydrogen-bond donors (Lipinski definition) is 7. The van der Waals surface area contributed by atoms with Crippen LogP contribution in [0.15, 0.2) is 47.8 Å². The minimum Gasteiger partial charge on any atom is -0.481 e. The number of hydrogen-bond acceptors (Lipinski definition) is 12. The zero-order valence-corrected chi connectivity index (χ0v) is 22.8. The van der Waals surface area contributed by atoms with E-state index in [9.17, 15) is 24.0 Å². The number of nitrogens with one attached hydrogen (secondary N) is 3. The van der Waals surface area contributed by atoms with E-state index in [2.05, 4.69) is 35.6 Å². The third-order valence-corrected chi connectivity index (χ3v) is 6.34. The SMILES string of the molecule is C[C@@](N)(Cc1cn(C(=O)O)cn1)C(=O)[C@H](CCC(=O)O)NC(=O)c1ccc(NCc2cnc3nc(N)[nH]c(=O)c3n2)cc1. The first-order chi connectivity index (χ1) is 20.3. The molecule has 0 radical (unpaired) electrons. The lowest BCUT2D eigenvalue weighted by Gasteiger charge is -2.28. The Bertz CT molecular complexity index is 1750. The number of nitrogens with two attached hydrogens (primary N) is 2. The highest BCUT2D eigenvalue weighted by Crippen LogP contribution is 2.17. The summed E-state index contributed by atoms with van der Waals surface area (Å²) in [5.74, 6) is -2.50. The number of aliphatic carboxylic acids is 1. The number of ketones is 1. The molecule has 0 aliphatic rings. The maximum Gasteiger partial charge on any atom is 0.416 e. The summed E-state index contributed by atoms with van der Waals surface area (Å²) in [6.45, 7) is 1.60. The van der Waals surface area contributed by atoms with Crippen molar-refractivity contribution in [1.82, 2.24) is 34.8 Å². The number of carbonyl (C=O) groups excluding carboxylic acids is 2. The van der Waals surface area contributed by atoms with E-state index in [1.807, 2.05) is 0 Å². The van der Waals surface area contributed by atoms with Gasteiger partial charge in [0, 0.05) is 30.3 Å². The van der Waals surface area contributed by atoms with Crippen LogP contribution < -0.4 is 27.7 Å². The van der Waals surface area contributed by atoms with Gasteiger partial charge in [0.05, 0.1) is 35.7 Å². The van der Waals surface area contributed by atoms with Crippen molar-refractivity contribution in [3.05, 3.63) is 70.3 Å². The van der Waals surface area contributed by atoms with Crippen molar-refractivity contribution in [2.75, 3.05) is 11.1 Å². The predicted molar refractivity (Wildman–Crippen MR) is 151 cm³/mol. The first kappa shape index (κ1) is 30.3. The molecule has 3 aromatic heterocycles. The van der Waals surface area contributed by atoms with E-state index < -0.39 is 47.3 Å². The molecule has 9 N–H and O–H groups in total. The van der Waals surface area contributed by atoms with Crippen molar-refractivity contribution in [2.24, 2.45) is 5.73 Å². The number of benzene rings is 1. The Balaban J connectivity index is 1.42. The van der Waals surface area contributed by atoms with E-state index in [0.717, 1.165) is 10.9 Å². The number of imidazole rings is 1. The number of anilines is 2. The molecule has 0 bridgehead atoms. The Labute approximate surface area is 242 Å². The standard InChI is InChI=1S/C26H28N10O7/c1-26(28,8-15-11-36(12-31-15)25(42)43)20(39)17(6-7-18(37)38)33-22(40)13-2-4-14(5-3-13)29-9-16-10-30-21-19(32-16)23(41)35-24(27)34-21/h2-5,10-12,17,29H,6-9,28H2,1H3,(H,33,40)(H,37,38)(H,42,43)(H3,27,30,34,35,41)/t17-,26+/m0/s1. The van der Waals surface area contributed by atoms with Gasteiger partial charge in [0.25, 0.3) is 11.5 Å². The number of nitrogens with zero attached hydrogens (tertiary/aromatic N) is 5. The summed E-state index contributed by atoms with van der Waals surface area (Å²) in [6.07, 6.45) is 1.68. The molecule has 1 amide bonds. The van der Waals surface area contributed by atoms with Gasteiger partial charge in [0.2, 0.25) is 5.95 Å². The summed E-state index contributed by atoms with van der Waals surface area (Å²) in [7, 11) is 0. The van der Waals surface area contributed by atoms with Gasteiger partial charge in [-0.05, 0) is 37.6 Å². The fourth-order valence-corrected chi connectivity index (χ4v) is 4.19. The fourth-order valence-electron chi connectivity index (χ4n) is 4.19. The Morgan fingerprint density at radius 1 is 1.09 bits per heavy atom. The number of rotatable bonds is 12. The molecule has 0 aliphatic carbocycles. The molecular weight excluding hydrogens is 564 g/mol. The molecule has 4 rings (SSSR count). The average molecular weight is 593 g/mol. The lowest BCUT2D eigenvalue weighted by atomic mass is 9.86. The normalized spacial score (nSPS) is 13.2. The second-order valence-electron chi connectivity index (χ2n) is 9.89. The summed E-state index contributed by atoms with van der Waals surface area (Å²) in [5, 5.41) is 23.9. The molecule has 0 spiro atoms. The number of Topliss-reactive ketones (excluding diaryl/α,β-unsaturated/α-hetero) is 1. The van der Waals surface area contributed by atoms with Crippen LogP contribution in [0.2, 0.25) is 0 Å². The van der Waals surface area contributed by atoms with Gasteiger partial charge in [0.1, 0.15) is 6.33 Å². The van der Waals surface area contributed by atoms with Crippen molar-refractivity contribution in [1.29, 1.82) is 0 Å². The highest BCUT2D eigenvalue weighted by Gasteiger charge is 2.36. The molecule has 4 aromatic rings. The molecule has 3 heterocycles. The van der Waals surface area contributed by atoms with Crippen LogP contribution >= 0.6 is 0 Å². The lowest BCUT2D eigenvalue weighted by Crippen LogP contribution is -2.56. The minimum atomic E-state index is -1.60. The summed E-state index contributed by atoms with van der Waals surface area (Å²) in [5.41, 5.74) is 11.3. The summed E-state index contributed by atoms with van der Waals surface area (Å²) in [6, 6.07) is 4.98. The second-order valence-corrected chi connectivity index (χ2v) is 9.89. The van der Waals surface area contributed by atoms with Crippen LogP contribution in [0.3, 0.4) is 0 Å². The number of aromatic amines is 1. The van der Waals surface area contributed by atoms with Crippen LogP contribution in [0.1, 0.15) is 41.5 Å². The van der Waals surface area contributed by atoms with Gasteiger partial charge in [-0.25, -0.2) is 24.3 Å². The monoisotopic (exact) mass is 592 g/mol. The second kappa shape index (κ2) is 12.4. The lowest BCUT2D eigenvalue weighted by molar-refractivity contribution is -0.137. The molecule has 1 aromatic carbocycles. The van der Waals surface area contributed by atoms with Crippen LogP contribution in [0.25, 0.3) is 11.2 Å². The molecule has 0 unspecified atom stereocenters. The van der Waals surface area contributed by atoms with Gasteiger partial charge in [0.15, 0.2) is 16.9 Å². The number of carboxylic acid groups (broad SMARTS) is 2. The summed E-state index contributed by atoms with van der Waals surface area (Å²) in [4.78, 5) is 79.3. The third-order valence-electron chi connectivity index (χ3n) is 6.34. The number of aromatic nitrogens is 6. The molecule has 43 heavy (non-hydrogen) atoms. The maximum atomic E-state index is 13.3. The molecule has 0 fully saturated rings. The van der Waals surface area contributed by atoms with Gasteiger partial charge >= 0.3 is 12.1 Å². The van der Waals surface area contributed by atoms with Gasteiger partial charge in [-0.2, -0.15) is 4.98 Å². The molecule has 224 valence electrons. The molecular formula is C26H28N10O7. The zero-order valence-electron chi connectivity index (χ0n) is 22.8. The van der Waals surface area contributed by atoms with Crippen LogP contribution in [-0.2, 0) is 22.6 Å². The number of fused-ring (bicyclic) bond motifs is 1. The van der Waals surface area contributed by atoms with Crippen LogP contribution in [-0.4, -0.2) is 75.0 Å². The molecule has 0 saturated heterocycles.